The molecule has 1 aliphatic carbocycles. The van der Waals surface area contributed by atoms with E-state index < -0.39 is 17.6 Å². The molecule has 0 aliphatic heterocycles. The maximum absolute atomic E-state index is 14.7. The lowest BCUT2D eigenvalue weighted by Gasteiger charge is -2.26. The number of hydrogen-bond acceptors (Lipinski definition) is 3. The van der Waals surface area contributed by atoms with Gasteiger partial charge in [-0.05, 0) is 67.3 Å². The Hall–Kier alpha value is -3.00. The SMILES string of the molecule is CCCCCCCCCCCCCCCCCCCCC1CCC(C=Cc2ccc(C(=O)Oc3ccc(C#N)c(F)c3)c(F)c2)CC1. The van der Waals surface area contributed by atoms with Crippen molar-refractivity contribution in [2.45, 2.75) is 155 Å². The Balaban J connectivity index is 1.18. The molecule has 0 atom stereocenters. The van der Waals surface area contributed by atoms with Crippen LogP contribution in [0.25, 0.3) is 6.08 Å². The summed E-state index contributed by atoms with van der Waals surface area (Å²) in [7, 11) is 0. The van der Waals surface area contributed by atoms with Crippen LogP contribution in [0.3, 0.4) is 0 Å². The van der Waals surface area contributed by atoms with E-state index in [1.807, 2.05) is 6.08 Å². The van der Waals surface area contributed by atoms with Crippen molar-refractivity contribution in [3.05, 3.63) is 70.8 Å². The van der Waals surface area contributed by atoms with Crippen molar-refractivity contribution in [1.29, 1.82) is 5.26 Å². The smallest absolute Gasteiger partial charge is 0.346 e. The van der Waals surface area contributed by atoms with Crippen LogP contribution in [-0.2, 0) is 0 Å². The van der Waals surface area contributed by atoms with Crippen LogP contribution in [-0.4, -0.2) is 5.97 Å². The highest BCUT2D eigenvalue weighted by Gasteiger charge is 2.19. The number of allylic oxidation sites excluding steroid dienone is 1. The van der Waals surface area contributed by atoms with Crippen LogP contribution < -0.4 is 4.74 Å². The van der Waals surface area contributed by atoms with Gasteiger partial charge in [-0.15, -0.1) is 0 Å². The van der Waals surface area contributed by atoms with Crippen molar-refractivity contribution in [3.8, 4) is 11.8 Å². The fraction of sp³-hybridized carbons (Fsp3) is 0.619. The van der Waals surface area contributed by atoms with Gasteiger partial charge >= 0.3 is 5.97 Å². The van der Waals surface area contributed by atoms with E-state index >= 15 is 0 Å². The molecule has 0 N–H and O–H groups in total. The van der Waals surface area contributed by atoms with E-state index in [0.29, 0.717) is 11.5 Å². The Morgan fingerprint density at radius 2 is 1.30 bits per heavy atom. The molecule has 0 amide bonds. The summed E-state index contributed by atoms with van der Waals surface area (Å²) in [4.78, 5) is 12.4. The Labute approximate surface area is 284 Å². The van der Waals surface area contributed by atoms with Crippen LogP contribution in [0.1, 0.15) is 176 Å². The molecule has 0 unspecified atom stereocenters. The summed E-state index contributed by atoms with van der Waals surface area (Å²) >= 11 is 0. The molecule has 0 radical (unpaired) electrons. The molecule has 1 saturated carbocycles. The van der Waals surface area contributed by atoms with Crippen LogP contribution in [0.4, 0.5) is 8.78 Å². The number of nitriles is 1. The van der Waals surface area contributed by atoms with Gasteiger partial charge in [0.05, 0.1) is 11.1 Å². The number of halogens is 2. The Morgan fingerprint density at radius 3 is 1.81 bits per heavy atom. The minimum Gasteiger partial charge on any atom is -0.423 e. The first-order valence-corrected chi connectivity index (χ1v) is 18.9. The van der Waals surface area contributed by atoms with Gasteiger partial charge in [-0.25, -0.2) is 13.6 Å². The number of esters is 1. The van der Waals surface area contributed by atoms with Gasteiger partial charge in [-0.2, -0.15) is 5.26 Å². The Morgan fingerprint density at radius 1 is 0.745 bits per heavy atom. The molecule has 3 nitrogen and oxygen atoms in total. The Bertz CT molecular complexity index is 1240. The third kappa shape index (κ3) is 15.6. The molecule has 0 saturated heterocycles. The van der Waals surface area contributed by atoms with Gasteiger partial charge < -0.3 is 4.74 Å². The molecular weight excluding hydrogens is 588 g/mol. The van der Waals surface area contributed by atoms with Crippen LogP contribution in [0.5, 0.6) is 5.75 Å². The van der Waals surface area contributed by atoms with E-state index in [0.717, 1.165) is 12.0 Å². The average molecular weight is 648 g/mol. The third-order valence-corrected chi connectivity index (χ3v) is 9.90. The molecule has 1 fully saturated rings. The predicted octanol–water partition coefficient (Wildman–Crippen LogP) is 13.3. The second-order valence-electron chi connectivity index (χ2n) is 13.8. The average Bonchev–Trinajstić information content (AvgIpc) is 3.07. The molecule has 1 aliphatic rings. The molecule has 0 aromatic heterocycles. The lowest BCUT2D eigenvalue weighted by Crippen LogP contribution is -2.13. The molecule has 2 aromatic carbocycles. The second-order valence-corrected chi connectivity index (χ2v) is 13.8. The van der Waals surface area contributed by atoms with E-state index in [-0.39, 0.29) is 16.9 Å². The van der Waals surface area contributed by atoms with E-state index in [1.54, 1.807) is 12.1 Å². The van der Waals surface area contributed by atoms with E-state index in [4.69, 9.17) is 10.00 Å². The summed E-state index contributed by atoms with van der Waals surface area (Å²) in [6.45, 7) is 2.29. The fourth-order valence-electron chi connectivity index (χ4n) is 6.86. The number of carbonyl (C=O) groups is 1. The standard InChI is InChI=1S/C42H59F2NO2/c1-2-3-4-5-6-7-8-9-10-11-12-13-14-15-16-17-18-19-20-34-21-23-35(24-22-34)25-26-36-27-30-39(41(44)31-36)42(46)47-38-29-28-37(33-45)40(43)32-38/h25-32,34-35H,2-24H2,1H3. The van der Waals surface area contributed by atoms with Gasteiger partial charge in [-0.3, -0.25) is 0 Å². The third-order valence-electron chi connectivity index (χ3n) is 9.90. The predicted molar refractivity (Wildman–Crippen MR) is 190 cm³/mol. The van der Waals surface area contributed by atoms with Gasteiger partial charge in [0.2, 0.25) is 0 Å². The van der Waals surface area contributed by atoms with Crippen LogP contribution >= 0.6 is 0 Å². The first-order chi connectivity index (χ1) is 23.0. The van der Waals surface area contributed by atoms with Crippen LogP contribution in [0.15, 0.2) is 42.5 Å². The number of unbranched alkanes of at least 4 members (excludes halogenated alkanes) is 17. The molecule has 0 spiro atoms. The minimum atomic E-state index is -0.907. The zero-order valence-electron chi connectivity index (χ0n) is 29.1. The van der Waals surface area contributed by atoms with Crippen molar-refractivity contribution in [2.24, 2.45) is 11.8 Å². The van der Waals surface area contributed by atoms with Crippen molar-refractivity contribution in [2.75, 3.05) is 0 Å². The number of benzene rings is 2. The molecule has 258 valence electrons. The van der Waals surface area contributed by atoms with Crippen molar-refractivity contribution in [1.82, 2.24) is 0 Å². The van der Waals surface area contributed by atoms with Crippen molar-refractivity contribution >= 4 is 12.0 Å². The second kappa shape index (κ2) is 23.3. The lowest BCUT2D eigenvalue weighted by atomic mass is 9.79. The zero-order chi connectivity index (χ0) is 33.5. The monoisotopic (exact) mass is 647 g/mol. The first-order valence-electron chi connectivity index (χ1n) is 18.9. The zero-order valence-corrected chi connectivity index (χ0v) is 29.1. The van der Waals surface area contributed by atoms with Crippen LogP contribution in [0.2, 0.25) is 0 Å². The largest absolute Gasteiger partial charge is 0.423 e. The first kappa shape index (κ1) is 38.4. The normalized spacial score (nSPS) is 16.4. The highest BCUT2D eigenvalue weighted by Crippen LogP contribution is 2.33. The molecule has 0 bridgehead atoms. The van der Waals surface area contributed by atoms with Crippen LogP contribution in [0, 0.1) is 34.8 Å². The summed E-state index contributed by atoms with van der Waals surface area (Å²) < 4.78 is 33.6. The number of hydrogen-bond donors (Lipinski definition) is 0. The lowest BCUT2D eigenvalue weighted by molar-refractivity contribution is 0.0729. The maximum atomic E-state index is 14.7. The van der Waals surface area contributed by atoms with Gasteiger partial charge in [0.25, 0.3) is 0 Å². The molecule has 2 aromatic rings. The summed E-state index contributed by atoms with van der Waals surface area (Å²) in [5.74, 6) is -1.11. The topological polar surface area (TPSA) is 50.1 Å². The summed E-state index contributed by atoms with van der Waals surface area (Å²) in [5.41, 5.74) is 0.331. The molecule has 47 heavy (non-hydrogen) atoms. The molecule has 3 rings (SSSR count). The molecular formula is C42H59F2NO2. The van der Waals surface area contributed by atoms with Crippen molar-refractivity contribution in [3.63, 3.8) is 0 Å². The number of carbonyl (C=O) groups excluding carboxylic acids is 1. The number of ether oxygens (including phenoxy) is 1. The Kier molecular flexibility index (Phi) is 19.1. The van der Waals surface area contributed by atoms with Crippen molar-refractivity contribution < 1.29 is 18.3 Å². The highest BCUT2D eigenvalue weighted by molar-refractivity contribution is 5.91. The molecule has 5 heteroatoms. The number of nitrogens with zero attached hydrogens (tertiary/aromatic N) is 1. The quantitative estimate of drug-likeness (QED) is 0.0685. The van der Waals surface area contributed by atoms with E-state index in [1.165, 1.54) is 172 Å². The fourth-order valence-corrected chi connectivity index (χ4v) is 6.86. The summed E-state index contributed by atoms with van der Waals surface area (Å²) in [6, 6.07) is 9.61. The van der Waals surface area contributed by atoms with Gasteiger partial charge in [0.1, 0.15) is 23.5 Å². The maximum Gasteiger partial charge on any atom is 0.346 e. The highest BCUT2D eigenvalue weighted by atomic mass is 19.1. The minimum absolute atomic E-state index is 0.0781. The summed E-state index contributed by atoms with van der Waals surface area (Å²) in [5, 5.41) is 8.83. The van der Waals surface area contributed by atoms with Gasteiger partial charge in [-0.1, -0.05) is 147 Å². The van der Waals surface area contributed by atoms with E-state index in [9.17, 15) is 13.6 Å². The molecule has 0 heterocycles. The summed E-state index contributed by atoms with van der Waals surface area (Å²) in [6.07, 6.45) is 35.8. The van der Waals surface area contributed by atoms with E-state index in [2.05, 4.69) is 13.0 Å². The number of rotatable bonds is 23. The van der Waals surface area contributed by atoms with Gasteiger partial charge in [0.15, 0.2) is 0 Å². The van der Waals surface area contributed by atoms with Gasteiger partial charge in [0, 0.05) is 6.07 Å².